The Kier molecular flexibility index (Phi) is 5.51. The van der Waals surface area contributed by atoms with Crippen LogP contribution in [0.15, 0.2) is 53.4 Å². The van der Waals surface area contributed by atoms with Gasteiger partial charge in [0.1, 0.15) is 12.4 Å². The zero-order valence-electron chi connectivity index (χ0n) is 11.7. The van der Waals surface area contributed by atoms with Crippen LogP contribution in [0, 0.1) is 0 Å². The largest absolute Gasteiger partial charge is 0.492 e. The second kappa shape index (κ2) is 7.59. The third-order valence-electron chi connectivity index (χ3n) is 2.87. The molecule has 4 nitrogen and oxygen atoms in total. The molecule has 5 heteroatoms. The summed E-state index contributed by atoms with van der Waals surface area (Å²) in [4.78, 5) is 12.1. The van der Waals surface area contributed by atoms with Crippen LogP contribution in [0.2, 0.25) is 0 Å². The lowest BCUT2D eigenvalue weighted by atomic mass is 10.2. The molecule has 0 fully saturated rings. The molecular weight excluding hydrogens is 286 g/mol. The molecule has 0 unspecified atom stereocenters. The molecule has 110 valence electrons. The van der Waals surface area contributed by atoms with Gasteiger partial charge in [-0.2, -0.15) is 0 Å². The van der Waals surface area contributed by atoms with Crippen LogP contribution in [0.4, 0.5) is 5.69 Å². The van der Waals surface area contributed by atoms with Crippen molar-refractivity contribution in [2.45, 2.75) is 4.90 Å². The molecule has 0 aliphatic heterocycles. The van der Waals surface area contributed by atoms with Gasteiger partial charge in [0.2, 0.25) is 0 Å². The standard InChI is InChI=1S/C16H17NO3S/c1-21-15-8-3-2-7-14(15)17-9-10-20-13-6-4-5-12(11-13)16(18)19/h2-8,11,17H,9-10H2,1H3,(H,18,19). The van der Waals surface area contributed by atoms with Gasteiger partial charge in [0, 0.05) is 17.1 Å². The maximum absolute atomic E-state index is 10.9. The van der Waals surface area contributed by atoms with Crippen molar-refractivity contribution in [3.05, 3.63) is 54.1 Å². The van der Waals surface area contributed by atoms with Crippen molar-refractivity contribution in [1.29, 1.82) is 0 Å². The highest BCUT2D eigenvalue weighted by Crippen LogP contribution is 2.24. The van der Waals surface area contributed by atoms with Crippen LogP contribution in [-0.2, 0) is 0 Å². The molecule has 0 atom stereocenters. The molecule has 2 aromatic rings. The second-order valence-electron chi connectivity index (χ2n) is 4.31. The minimum atomic E-state index is -0.951. The number of para-hydroxylation sites is 1. The first-order valence-electron chi connectivity index (χ1n) is 6.54. The van der Waals surface area contributed by atoms with Crippen molar-refractivity contribution < 1.29 is 14.6 Å². The summed E-state index contributed by atoms with van der Waals surface area (Å²) in [5.41, 5.74) is 1.31. The number of hydrogen-bond acceptors (Lipinski definition) is 4. The van der Waals surface area contributed by atoms with Crippen LogP contribution in [0.1, 0.15) is 10.4 Å². The van der Waals surface area contributed by atoms with E-state index in [1.54, 1.807) is 30.0 Å². The number of aromatic carboxylic acids is 1. The summed E-state index contributed by atoms with van der Waals surface area (Å²) in [6, 6.07) is 14.6. The Morgan fingerprint density at radius 2 is 2.05 bits per heavy atom. The van der Waals surface area contributed by atoms with E-state index in [2.05, 4.69) is 11.4 Å². The average Bonchev–Trinajstić information content (AvgIpc) is 2.52. The fourth-order valence-electron chi connectivity index (χ4n) is 1.86. The van der Waals surface area contributed by atoms with Gasteiger partial charge in [-0.15, -0.1) is 11.8 Å². The highest BCUT2D eigenvalue weighted by molar-refractivity contribution is 7.98. The first kappa shape index (κ1) is 15.3. The van der Waals surface area contributed by atoms with E-state index in [4.69, 9.17) is 9.84 Å². The lowest BCUT2D eigenvalue weighted by Gasteiger charge is -2.11. The molecule has 0 saturated heterocycles. The molecular formula is C16H17NO3S. The van der Waals surface area contributed by atoms with Crippen LogP contribution in [-0.4, -0.2) is 30.5 Å². The van der Waals surface area contributed by atoms with E-state index in [0.29, 0.717) is 18.9 Å². The zero-order chi connectivity index (χ0) is 15.1. The third-order valence-corrected chi connectivity index (χ3v) is 3.67. The number of rotatable bonds is 7. The summed E-state index contributed by atoms with van der Waals surface area (Å²) in [6.45, 7) is 1.11. The lowest BCUT2D eigenvalue weighted by molar-refractivity contribution is 0.0696. The monoisotopic (exact) mass is 303 g/mol. The quantitative estimate of drug-likeness (QED) is 0.604. The van der Waals surface area contributed by atoms with Crippen molar-refractivity contribution in [1.82, 2.24) is 0 Å². The SMILES string of the molecule is CSc1ccccc1NCCOc1cccc(C(=O)O)c1. The predicted molar refractivity (Wildman–Crippen MR) is 85.6 cm³/mol. The van der Waals surface area contributed by atoms with Crippen molar-refractivity contribution in [3.8, 4) is 5.75 Å². The Morgan fingerprint density at radius 3 is 2.81 bits per heavy atom. The van der Waals surface area contributed by atoms with Crippen molar-refractivity contribution in [3.63, 3.8) is 0 Å². The molecule has 0 aliphatic rings. The first-order chi connectivity index (χ1) is 10.2. The van der Waals surface area contributed by atoms with Gasteiger partial charge in [-0.3, -0.25) is 0 Å². The molecule has 2 N–H and O–H groups in total. The van der Waals surface area contributed by atoms with Crippen molar-refractivity contribution in [2.24, 2.45) is 0 Å². The van der Waals surface area contributed by atoms with E-state index in [1.807, 2.05) is 24.5 Å². The van der Waals surface area contributed by atoms with Gasteiger partial charge in [0.05, 0.1) is 5.56 Å². The van der Waals surface area contributed by atoms with Crippen LogP contribution in [0.5, 0.6) is 5.75 Å². The first-order valence-corrected chi connectivity index (χ1v) is 7.76. The molecule has 0 aromatic heterocycles. The number of carbonyl (C=O) groups is 1. The Bertz CT molecular complexity index is 616. The molecule has 0 spiro atoms. The maximum atomic E-state index is 10.9. The molecule has 0 amide bonds. The summed E-state index contributed by atoms with van der Waals surface area (Å²) in [6.07, 6.45) is 2.04. The van der Waals surface area contributed by atoms with E-state index in [0.717, 1.165) is 5.69 Å². The van der Waals surface area contributed by atoms with Crippen molar-refractivity contribution >= 4 is 23.4 Å². The Balaban J connectivity index is 1.85. The fourth-order valence-corrected chi connectivity index (χ4v) is 2.44. The van der Waals surface area contributed by atoms with E-state index >= 15 is 0 Å². The zero-order valence-corrected chi connectivity index (χ0v) is 12.5. The van der Waals surface area contributed by atoms with Gasteiger partial charge in [-0.25, -0.2) is 4.79 Å². The van der Waals surface area contributed by atoms with Gasteiger partial charge in [0.25, 0.3) is 0 Å². The number of carboxylic acids is 1. The molecule has 0 bridgehead atoms. The normalized spacial score (nSPS) is 10.1. The average molecular weight is 303 g/mol. The lowest BCUT2D eigenvalue weighted by Crippen LogP contribution is -2.12. The summed E-state index contributed by atoms with van der Waals surface area (Å²) in [5.74, 6) is -0.387. The van der Waals surface area contributed by atoms with E-state index < -0.39 is 5.97 Å². The minimum Gasteiger partial charge on any atom is -0.492 e. The van der Waals surface area contributed by atoms with E-state index in [-0.39, 0.29) is 5.56 Å². The van der Waals surface area contributed by atoms with Gasteiger partial charge in [-0.1, -0.05) is 18.2 Å². The Hall–Kier alpha value is -2.14. The van der Waals surface area contributed by atoms with Crippen LogP contribution in [0.3, 0.4) is 0 Å². The minimum absolute atomic E-state index is 0.230. The maximum Gasteiger partial charge on any atom is 0.335 e. The summed E-state index contributed by atoms with van der Waals surface area (Å²) >= 11 is 1.69. The fraction of sp³-hybridized carbons (Fsp3) is 0.188. The molecule has 0 aliphatic carbocycles. The molecule has 21 heavy (non-hydrogen) atoms. The Labute approximate surface area is 128 Å². The highest BCUT2D eigenvalue weighted by Gasteiger charge is 2.04. The molecule has 2 rings (SSSR count). The number of benzene rings is 2. The third kappa shape index (κ3) is 4.43. The molecule has 0 heterocycles. The number of nitrogens with one attached hydrogen (secondary N) is 1. The molecule has 0 saturated carbocycles. The van der Waals surface area contributed by atoms with Crippen molar-refractivity contribution in [2.75, 3.05) is 24.7 Å². The Morgan fingerprint density at radius 1 is 1.24 bits per heavy atom. The number of ether oxygens (including phenoxy) is 1. The summed E-state index contributed by atoms with van der Waals surface area (Å²) < 4.78 is 5.56. The summed E-state index contributed by atoms with van der Waals surface area (Å²) in [7, 11) is 0. The summed E-state index contributed by atoms with van der Waals surface area (Å²) in [5, 5.41) is 12.2. The van der Waals surface area contributed by atoms with Gasteiger partial charge < -0.3 is 15.2 Å². The molecule has 2 aromatic carbocycles. The number of hydrogen-bond donors (Lipinski definition) is 2. The van der Waals surface area contributed by atoms with E-state index in [9.17, 15) is 4.79 Å². The highest BCUT2D eigenvalue weighted by atomic mass is 32.2. The van der Waals surface area contributed by atoms with Crippen LogP contribution >= 0.6 is 11.8 Å². The number of anilines is 1. The smallest absolute Gasteiger partial charge is 0.335 e. The topological polar surface area (TPSA) is 58.6 Å². The van der Waals surface area contributed by atoms with E-state index in [1.165, 1.54) is 11.0 Å². The van der Waals surface area contributed by atoms with Gasteiger partial charge in [0.15, 0.2) is 0 Å². The van der Waals surface area contributed by atoms with Crippen LogP contribution in [0.25, 0.3) is 0 Å². The second-order valence-corrected chi connectivity index (χ2v) is 5.16. The number of thioether (sulfide) groups is 1. The molecule has 0 radical (unpaired) electrons. The van der Waals surface area contributed by atoms with Gasteiger partial charge >= 0.3 is 5.97 Å². The predicted octanol–water partition coefficient (Wildman–Crippen LogP) is 3.60. The van der Waals surface area contributed by atoms with Crippen LogP contribution < -0.4 is 10.1 Å². The number of carboxylic acid groups (broad SMARTS) is 1. The van der Waals surface area contributed by atoms with Gasteiger partial charge in [-0.05, 0) is 36.6 Å².